The molecule has 0 spiro atoms. The van der Waals surface area contributed by atoms with E-state index in [0.717, 1.165) is 19.1 Å². The minimum atomic E-state index is -3.72. The third-order valence-electron chi connectivity index (χ3n) is 4.31. The lowest BCUT2D eigenvalue weighted by molar-refractivity contribution is 0.0484. The van der Waals surface area contributed by atoms with Crippen molar-refractivity contribution in [3.05, 3.63) is 47.9 Å². The molecule has 0 aliphatic carbocycles. The molecule has 0 N–H and O–H groups in total. The zero-order valence-corrected chi connectivity index (χ0v) is 16.6. The second-order valence-electron chi connectivity index (χ2n) is 6.57. The van der Waals surface area contributed by atoms with E-state index < -0.39 is 10.1 Å². The molecule has 8 nitrogen and oxygen atoms in total. The number of methoxy groups -OCH3 is 1. The molecule has 28 heavy (non-hydrogen) atoms. The maximum Gasteiger partial charge on any atom is 0.306 e. The summed E-state index contributed by atoms with van der Waals surface area (Å²) in [5, 5.41) is 0. The Hall–Kier alpha value is -2.52. The quantitative estimate of drug-likeness (QED) is 0.618. The van der Waals surface area contributed by atoms with Crippen molar-refractivity contribution >= 4 is 16.0 Å². The van der Waals surface area contributed by atoms with Gasteiger partial charge in [0.05, 0.1) is 25.7 Å². The Kier molecular flexibility index (Phi) is 6.25. The first-order valence-electron chi connectivity index (χ1n) is 8.86. The van der Waals surface area contributed by atoms with Crippen molar-refractivity contribution in [2.45, 2.75) is 25.5 Å². The highest BCUT2D eigenvalue weighted by Gasteiger charge is 2.25. The van der Waals surface area contributed by atoms with E-state index in [1.165, 1.54) is 13.4 Å². The van der Waals surface area contributed by atoms with E-state index in [2.05, 4.69) is 0 Å². The van der Waals surface area contributed by atoms with E-state index in [4.69, 9.17) is 18.1 Å². The number of carbonyl (C=O) groups is 1. The summed E-state index contributed by atoms with van der Waals surface area (Å²) < 4.78 is 44.1. The van der Waals surface area contributed by atoms with Gasteiger partial charge in [0.25, 0.3) is 5.91 Å². The second-order valence-corrected chi connectivity index (χ2v) is 8.15. The van der Waals surface area contributed by atoms with E-state index in [9.17, 15) is 13.2 Å². The van der Waals surface area contributed by atoms with Crippen LogP contribution in [0.25, 0.3) is 0 Å². The van der Waals surface area contributed by atoms with Gasteiger partial charge >= 0.3 is 10.1 Å². The Bertz CT molecular complexity index is 902. The summed E-state index contributed by atoms with van der Waals surface area (Å²) in [5.74, 6) is 0.336. The molecule has 0 radical (unpaired) electrons. The van der Waals surface area contributed by atoms with Crippen LogP contribution in [0.1, 0.15) is 29.0 Å². The van der Waals surface area contributed by atoms with Crippen molar-refractivity contribution in [3.8, 4) is 11.5 Å². The number of benzene rings is 1. The maximum atomic E-state index is 12.9. The van der Waals surface area contributed by atoms with Crippen molar-refractivity contribution in [3.63, 3.8) is 0 Å². The normalized spacial score (nSPS) is 16.7. The minimum Gasteiger partial charge on any atom is -0.493 e. The molecule has 152 valence electrons. The third-order valence-corrected chi connectivity index (χ3v) is 4.79. The van der Waals surface area contributed by atoms with Gasteiger partial charge < -0.3 is 23.0 Å². The van der Waals surface area contributed by atoms with Gasteiger partial charge in [0, 0.05) is 19.7 Å². The average Bonchev–Trinajstić information content (AvgIpc) is 3.33. The first-order valence-corrected chi connectivity index (χ1v) is 10.7. The fraction of sp³-hybridized carbons (Fsp3) is 0.421. The fourth-order valence-corrected chi connectivity index (χ4v) is 3.53. The van der Waals surface area contributed by atoms with Gasteiger partial charge in [-0.15, -0.1) is 0 Å². The zero-order valence-electron chi connectivity index (χ0n) is 15.8. The molecule has 3 rings (SSSR count). The Balaban J connectivity index is 1.84. The standard InChI is InChI=1S/C19H23NO7S/c1-24-16-8-7-14(11-18(16)27-28(2,22)23)12-20(13-15-5-3-9-25-15)19(21)17-6-4-10-26-17/h4,6-8,10-11,15H,3,5,9,12-13H2,1-2H3/t15-/m0/s1. The number of amides is 1. The number of furan rings is 1. The first kappa shape index (κ1) is 20.2. The molecule has 1 aromatic carbocycles. The third kappa shape index (κ3) is 5.26. The van der Waals surface area contributed by atoms with E-state index in [1.807, 2.05) is 0 Å². The summed E-state index contributed by atoms with van der Waals surface area (Å²) in [6, 6.07) is 8.18. The number of ether oxygens (including phenoxy) is 2. The van der Waals surface area contributed by atoms with E-state index in [1.54, 1.807) is 35.2 Å². The maximum absolute atomic E-state index is 12.9. The fourth-order valence-electron chi connectivity index (χ4n) is 3.08. The van der Waals surface area contributed by atoms with Crippen molar-refractivity contribution in [2.75, 3.05) is 26.5 Å². The van der Waals surface area contributed by atoms with E-state index in [-0.39, 0.29) is 35.8 Å². The summed E-state index contributed by atoms with van der Waals surface area (Å²) in [6.45, 7) is 1.33. The predicted octanol–water partition coefficient (Wildman–Crippen LogP) is 2.45. The Morgan fingerprint density at radius 1 is 1.29 bits per heavy atom. The number of carbonyl (C=O) groups excluding carboxylic acids is 1. The molecule has 0 bridgehead atoms. The van der Waals surface area contributed by atoms with E-state index in [0.29, 0.717) is 18.7 Å². The molecule has 1 atom stereocenters. The molecule has 1 aromatic heterocycles. The largest absolute Gasteiger partial charge is 0.493 e. The first-order chi connectivity index (χ1) is 13.4. The monoisotopic (exact) mass is 409 g/mol. The molecule has 2 aromatic rings. The van der Waals surface area contributed by atoms with Gasteiger partial charge in [-0.1, -0.05) is 6.07 Å². The molecule has 1 aliphatic heterocycles. The topological polar surface area (TPSA) is 95.3 Å². The molecule has 1 aliphatic rings. The molecule has 1 fully saturated rings. The van der Waals surface area contributed by atoms with Crippen LogP contribution in [0.5, 0.6) is 11.5 Å². The molecule has 1 saturated heterocycles. The SMILES string of the molecule is COc1ccc(CN(C[C@@H]2CCCO2)C(=O)c2ccco2)cc1OS(C)(=O)=O. The molecule has 0 saturated carbocycles. The highest BCUT2D eigenvalue weighted by molar-refractivity contribution is 7.86. The van der Waals surface area contributed by atoms with Crippen LogP contribution in [0.15, 0.2) is 41.0 Å². The van der Waals surface area contributed by atoms with Gasteiger partial charge in [-0.25, -0.2) is 0 Å². The zero-order chi connectivity index (χ0) is 20.1. The summed E-state index contributed by atoms with van der Waals surface area (Å²) >= 11 is 0. The van der Waals surface area contributed by atoms with Crippen molar-refractivity contribution in [1.29, 1.82) is 0 Å². The van der Waals surface area contributed by atoms with Gasteiger partial charge in [-0.05, 0) is 42.7 Å². The summed E-state index contributed by atoms with van der Waals surface area (Å²) in [5.41, 5.74) is 0.692. The van der Waals surface area contributed by atoms with E-state index >= 15 is 0 Å². The summed E-state index contributed by atoms with van der Waals surface area (Å²) in [6.07, 6.45) is 4.21. The lowest BCUT2D eigenvalue weighted by Gasteiger charge is -2.25. The van der Waals surface area contributed by atoms with Crippen molar-refractivity contribution in [2.24, 2.45) is 0 Å². The molecular weight excluding hydrogens is 386 g/mol. The molecule has 9 heteroatoms. The predicted molar refractivity (Wildman–Crippen MR) is 101 cm³/mol. The molecule has 2 heterocycles. The van der Waals surface area contributed by atoms with Gasteiger partial charge in [0.15, 0.2) is 17.3 Å². The Morgan fingerprint density at radius 2 is 2.11 bits per heavy atom. The lowest BCUT2D eigenvalue weighted by Crippen LogP contribution is -2.36. The van der Waals surface area contributed by atoms with Crippen LogP contribution in [-0.4, -0.2) is 51.8 Å². The molecule has 0 unspecified atom stereocenters. The number of nitrogens with zero attached hydrogens (tertiary/aromatic N) is 1. The van der Waals surface area contributed by atoms with Crippen LogP contribution in [0, 0.1) is 0 Å². The van der Waals surface area contributed by atoms with Gasteiger partial charge in [-0.2, -0.15) is 8.42 Å². The number of hydrogen-bond acceptors (Lipinski definition) is 7. The number of hydrogen-bond donors (Lipinski definition) is 0. The van der Waals surface area contributed by atoms with Gasteiger partial charge in [0.1, 0.15) is 0 Å². The second kappa shape index (κ2) is 8.66. The summed E-state index contributed by atoms with van der Waals surface area (Å²) in [7, 11) is -2.30. The minimum absolute atomic E-state index is 0.0381. The Morgan fingerprint density at radius 3 is 2.71 bits per heavy atom. The van der Waals surface area contributed by atoms with Crippen LogP contribution in [0.4, 0.5) is 0 Å². The smallest absolute Gasteiger partial charge is 0.306 e. The average molecular weight is 409 g/mol. The lowest BCUT2D eigenvalue weighted by atomic mass is 10.1. The highest BCUT2D eigenvalue weighted by Crippen LogP contribution is 2.30. The number of rotatable bonds is 8. The van der Waals surface area contributed by atoms with Crippen LogP contribution >= 0.6 is 0 Å². The highest BCUT2D eigenvalue weighted by atomic mass is 32.2. The van der Waals surface area contributed by atoms with Crippen molar-refractivity contribution < 1.29 is 31.3 Å². The van der Waals surface area contributed by atoms with Crippen LogP contribution < -0.4 is 8.92 Å². The van der Waals surface area contributed by atoms with Gasteiger partial charge in [-0.3, -0.25) is 4.79 Å². The van der Waals surface area contributed by atoms with Crippen LogP contribution in [0.3, 0.4) is 0 Å². The van der Waals surface area contributed by atoms with Crippen LogP contribution in [0.2, 0.25) is 0 Å². The van der Waals surface area contributed by atoms with Crippen LogP contribution in [-0.2, 0) is 21.4 Å². The van der Waals surface area contributed by atoms with Gasteiger partial charge in [0.2, 0.25) is 0 Å². The molecular formula is C19H23NO7S. The molecule has 1 amide bonds. The van der Waals surface area contributed by atoms with Crippen molar-refractivity contribution in [1.82, 2.24) is 4.90 Å². The summed E-state index contributed by atoms with van der Waals surface area (Å²) in [4.78, 5) is 14.5. The Labute approximate surface area is 164 Å².